The zero-order chi connectivity index (χ0) is 31.8. The fourth-order valence-corrected chi connectivity index (χ4v) is 4.25. The Morgan fingerprint density at radius 3 is 1.98 bits per heavy atom. The van der Waals surface area contributed by atoms with E-state index in [1.54, 1.807) is 56.3 Å². The van der Waals surface area contributed by atoms with E-state index in [1.165, 1.54) is 6.92 Å². The minimum Gasteiger partial charge on any atom is -0.463 e. The summed E-state index contributed by atoms with van der Waals surface area (Å²) in [5.74, 6) is -5.04. The Balaban J connectivity index is 1.73. The number of ether oxygens (including phenoxy) is 2. The number of epoxide rings is 1. The van der Waals surface area contributed by atoms with Gasteiger partial charge in [-0.05, 0) is 30.4 Å². The van der Waals surface area contributed by atoms with Crippen molar-refractivity contribution in [3.63, 3.8) is 0 Å². The van der Waals surface area contributed by atoms with Crippen LogP contribution in [0.25, 0.3) is 0 Å². The summed E-state index contributed by atoms with van der Waals surface area (Å²) in [6, 6.07) is 15.1. The van der Waals surface area contributed by atoms with Crippen LogP contribution in [0.3, 0.4) is 0 Å². The zero-order valence-electron chi connectivity index (χ0n) is 24.4. The van der Waals surface area contributed by atoms with Crippen molar-refractivity contribution in [3.8, 4) is 0 Å². The van der Waals surface area contributed by atoms with Gasteiger partial charge in [-0.2, -0.15) is 0 Å². The number of carboxylic acid groups (broad SMARTS) is 1. The van der Waals surface area contributed by atoms with Crippen molar-refractivity contribution in [2.24, 2.45) is 11.7 Å². The Hall–Kier alpha value is -4.62. The smallest absolute Gasteiger partial charge is 0.433 e. The van der Waals surface area contributed by atoms with Gasteiger partial charge >= 0.3 is 12.1 Å². The normalized spacial score (nSPS) is 16.9. The summed E-state index contributed by atoms with van der Waals surface area (Å²) in [6.07, 6.45) is -4.57. The number of nitrogens with two attached hydrogens (primary N) is 1. The molecule has 5 amide bonds. The van der Waals surface area contributed by atoms with E-state index in [2.05, 4.69) is 0 Å². The van der Waals surface area contributed by atoms with Gasteiger partial charge in [0.1, 0.15) is 12.6 Å². The van der Waals surface area contributed by atoms with E-state index >= 15 is 0 Å². The van der Waals surface area contributed by atoms with Crippen molar-refractivity contribution in [1.82, 2.24) is 14.9 Å². The lowest BCUT2D eigenvalue weighted by atomic mass is 10.0. The van der Waals surface area contributed by atoms with Crippen molar-refractivity contribution in [1.29, 1.82) is 0 Å². The largest absolute Gasteiger partial charge is 0.463 e. The lowest BCUT2D eigenvalue weighted by molar-refractivity contribution is -0.165. The van der Waals surface area contributed by atoms with Crippen LogP contribution in [0.15, 0.2) is 60.7 Å². The van der Waals surface area contributed by atoms with E-state index in [4.69, 9.17) is 15.2 Å². The third-order valence-electron chi connectivity index (χ3n) is 6.92. The highest BCUT2D eigenvalue weighted by molar-refractivity contribution is 6.04. The van der Waals surface area contributed by atoms with Crippen LogP contribution in [-0.2, 0) is 46.5 Å². The molecule has 0 radical (unpaired) electrons. The third-order valence-corrected chi connectivity index (χ3v) is 6.92. The number of rotatable bonds is 11. The summed E-state index contributed by atoms with van der Waals surface area (Å²) in [6.45, 7) is 4.51. The summed E-state index contributed by atoms with van der Waals surface area (Å²) in [4.78, 5) is 78.3. The summed E-state index contributed by atoms with van der Waals surface area (Å²) in [7, 11) is 0.995. The first kappa shape index (κ1) is 32.9. The maximum atomic E-state index is 13.5. The topological polar surface area (TPSA) is 180 Å². The van der Waals surface area contributed by atoms with Gasteiger partial charge in [0.25, 0.3) is 11.8 Å². The van der Waals surface area contributed by atoms with Crippen molar-refractivity contribution in [2.75, 3.05) is 7.05 Å². The summed E-state index contributed by atoms with van der Waals surface area (Å²) < 4.78 is 10.2. The molecule has 0 aliphatic carbocycles. The molecular formula is C30H36N4O9. The lowest BCUT2D eigenvalue weighted by Gasteiger charge is -2.34. The Bertz CT molecular complexity index is 1340. The molecule has 2 aromatic rings. The number of imide groups is 2. The summed E-state index contributed by atoms with van der Waals surface area (Å²) >= 11 is 0. The molecule has 1 saturated heterocycles. The van der Waals surface area contributed by atoms with E-state index in [0.717, 1.165) is 12.6 Å². The van der Waals surface area contributed by atoms with Gasteiger partial charge in [0, 0.05) is 13.5 Å². The third kappa shape index (κ3) is 8.23. The zero-order valence-corrected chi connectivity index (χ0v) is 24.4. The SMILES string of the molecule is CC(C)[C@H](N)C(=O)N(C(=O)CCc1ccccc1)[C@@H](C)C(=O)N(C)N(C(=O)O)C(=O)[C@@H]1O[C@H]1C(=O)OCc1ccccc1. The molecule has 1 aliphatic rings. The van der Waals surface area contributed by atoms with Crippen LogP contribution in [0.1, 0.15) is 38.3 Å². The predicted molar refractivity (Wildman–Crippen MR) is 151 cm³/mol. The molecule has 0 aromatic heterocycles. The number of hydrazine groups is 1. The number of hydrogen-bond donors (Lipinski definition) is 2. The molecule has 43 heavy (non-hydrogen) atoms. The molecule has 0 saturated carbocycles. The number of nitrogens with zero attached hydrogens (tertiary/aromatic N) is 3. The first-order chi connectivity index (χ1) is 20.3. The standard InChI is InChI=1S/C30H36N4O9/c1-18(2)23(31)27(37)33(22(35)16-15-20-11-7-5-8-12-20)19(3)26(36)32(4)34(30(40)41)28(38)24-25(43-24)29(39)42-17-21-13-9-6-10-14-21/h5-14,18-19,23-25H,15-17,31H2,1-4H3,(H,40,41)/t19-,23-,24+,25+/m0/s1. The van der Waals surface area contributed by atoms with E-state index in [-0.39, 0.29) is 30.4 Å². The Morgan fingerprint density at radius 2 is 1.44 bits per heavy atom. The van der Waals surface area contributed by atoms with Crippen LogP contribution in [0.4, 0.5) is 4.79 Å². The Kier molecular flexibility index (Phi) is 11.1. The molecule has 4 atom stereocenters. The van der Waals surface area contributed by atoms with Gasteiger partial charge in [-0.25, -0.2) is 14.6 Å². The molecule has 1 heterocycles. The van der Waals surface area contributed by atoms with Crippen molar-refractivity contribution in [3.05, 3.63) is 71.8 Å². The van der Waals surface area contributed by atoms with Gasteiger partial charge in [0.2, 0.25) is 11.8 Å². The molecule has 0 unspecified atom stereocenters. The monoisotopic (exact) mass is 596 g/mol. The van der Waals surface area contributed by atoms with Gasteiger partial charge in [-0.3, -0.25) is 24.1 Å². The van der Waals surface area contributed by atoms with Crippen LogP contribution in [0, 0.1) is 5.92 Å². The molecule has 1 fully saturated rings. The second-order valence-corrected chi connectivity index (χ2v) is 10.4. The second-order valence-electron chi connectivity index (χ2n) is 10.4. The molecule has 3 N–H and O–H groups in total. The molecule has 0 spiro atoms. The van der Waals surface area contributed by atoms with Crippen molar-refractivity contribution < 1.29 is 43.3 Å². The van der Waals surface area contributed by atoms with Crippen LogP contribution in [0.2, 0.25) is 0 Å². The van der Waals surface area contributed by atoms with Gasteiger partial charge in [0.05, 0.1) is 6.04 Å². The Labute approximate surface area is 249 Å². The minimum absolute atomic E-state index is 0.0768. The van der Waals surface area contributed by atoms with Crippen LogP contribution < -0.4 is 5.73 Å². The van der Waals surface area contributed by atoms with Crippen LogP contribution in [-0.4, -0.2) is 87.1 Å². The van der Waals surface area contributed by atoms with Gasteiger partial charge in [-0.15, -0.1) is 5.01 Å². The van der Waals surface area contributed by atoms with Crippen molar-refractivity contribution in [2.45, 2.75) is 64.5 Å². The van der Waals surface area contributed by atoms with Gasteiger partial charge in [-0.1, -0.05) is 74.5 Å². The molecule has 0 bridgehead atoms. The molecule has 1 aliphatic heterocycles. The average molecular weight is 597 g/mol. The Morgan fingerprint density at radius 1 is 0.884 bits per heavy atom. The average Bonchev–Trinajstić information content (AvgIpc) is 3.80. The highest BCUT2D eigenvalue weighted by Gasteiger charge is 2.55. The van der Waals surface area contributed by atoms with E-state index < -0.39 is 60.0 Å². The summed E-state index contributed by atoms with van der Waals surface area (Å²) in [5.41, 5.74) is 7.57. The van der Waals surface area contributed by atoms with Gasteiger partial charge < -0.3 is 20.3 Å². The first-order valence-electron chi connectivity index (χ1n) is 13.7. The minimum atomic E-state index is -1.84. The lowest BCUT2D eigenvalue weighted by Crippen LogP contribution is -2.60. The first-order valence-corrected chi connectivity index (χ1v) is 13.7. The highest BCUT2D eigenvalue weighted by atomic mass is 16.6. The summed E-state index contributed by atoms with van der Waals surface area (Å²) in [5, 5.41) is 10.3. The number of hydrogen-bond acceptors (Lipinski definition) is 9. The second kappa shape index (κ2) is 14.5. The number of likely N-dealkylation sites (N-methyl/N-ethyl adjacent to an activating group) is 1. The highest BCUT2D eigenvalue weighted by Crippen LogP contribution is 2.27. The van der Waals surface area contributed by atoms with E-state index in [0.29, 0.717) is 15.5 Å². The molecular weight excluding hydrogens is 560 g/mol. The van der Waals surface area contributed by atoms with Crippen molar-refractivity contribution >= 4 is 35.7 Å². The van der Waals surface area contributed by atoms with Crippen LogP contribution >= 0.6 is 0 Å². The maximum Gasteiger partial charge on any atom is 0.433 e. The molecule has 2 aromatic carbocycles. The number of carbonyl (C=O) groups is 6. The quantitative estimate of drug-likeness (QED) is 0.220. The number of amides is 5. The fourth-order valence-electron chi connectivity index (χ4n) is 4.25. The number of aryl methyl sites for hydroxylation is 1. The number of esters is 1. The molecule has 13 nitrogen and oxygen atoms in total. The molecule has 3 rings (SSSR count). The number of benzene rings is 2. The predicted octanol–water partition coefficient (Wildman–Crippen LogP) is 1.74. The van der Waals surface area contributed by atoms with Crippen LogP contribution in [0.5, 0.6) is 0 Å². The molecule has 230 valence electrons. The van der Waals surface area contributed by atoms with E-state index in [9.17, 15) is 33.9 Å². The van der Waals surface area contributed by atoms with E-state index in [1.807, 2.05) is 18.2 Å². The van der Waals surface area contributed by atoms with Gasteiger partial charge in [0.15, 0.2) is 12.2 Å². The maximum absolute atomic E-state index is 13.5. The fraction of sp³-hybridized carbons (Fsp3) is 0.400. The number of carbonyl (C=O) groups excluding carboxylic acids is 5. The molecule has 13 heteroatoms.